The van der Waals surface area contributed by atoms with Gasteiger partial charge < -0.3 is 9.64 Å². The van der Waals surface area contributed by atoms with Gasteiger partial charge in [0.05, 0.1) is 29.2 Å². The summed E-state index contributed by atoms with van der Waals surface area (Å²) in [5.74, 6) is 0.822. The van der Waals surface area contributed by atoms with Crippen LogP contribution in [0.3, 0.4) is 0 Å². The van der Waals surface area contributed by atoms with Gasteiger partial charge in [0, 0.05) is 12.5 Å². The minimum atomic E-state index is -0.567. The fraction of sp³-hybridized carbons (Fsp3) is 0.421. The summed E-state index contributed by atoms with van der Waals surface area (Å²) in [5, 5.41) is 0. The monoisotopic (exact) mass is 354 g/mol. The Morgan fingerprint density at radius 1 is 1.36 bits per heavy atom. The number of carbonyl (C=O) groups is 2. The van der Waals surface area contributed by atoms with Gasteiger partial charge in [-0.05, 0) is 31.9 Å². The molecule has 2 aromatic rings. The van der Waals surface area contributed by atoms with Crippen LogP contribution < -0.4 is 4.74 Å². The van der Waals surface area contributed by atoms with E-state index in [1.165, 1.54) is 11.3 Å². The molecule has 0 radical (unpaired) electrons. The number of ketones is 1. The molecule has 6 heteroatoms. The standard InChI is InChI=1S/C19H18N2O3S/c1-11-17(25-10-20-11)18(23)21-12-6-7-16(21)19(8-12)9-14(22)13-4-2-3-5-15(13)24-19/h2-5,10,12,16H,6-9H2,1H3/t12-,16+,19+/m0/s1. The molecule has 5 nitrogen and oxygen atoms in total. The molecule has 128 valence electrons. The van der Waals surface area contributed by atoms with E-state index in [4.69, 9.17) is 4.74 Å². The Labute approximate surface area is 149 Å². The van der Waals surface area contributed by atoms with Crippen LogP contribution in [-0.4, -0.2) is 39.3 Å². The molecule has 0 unspecified atom stereocenters. The van der Waals surface area contributed by atoms with Crippen molar-refractivity contribution in [3.05, 3.63) is 45.9 Å². The van der Waals surface area contributed by atoms with Crippen LogP contribution in [0.1, 0.15) is 51.4 Å². The molecule has 3 aliphatic heterocycles. The smallest absolute Gasteiger partial charge is 0.266 e. The molecule has 2 fully saturated rings. The second-order valence-electron chi connectivity index (χ2n) is 7.19. The summed E-state index contributed by atoms with van der Waals surface area (Å²) in [6.45, 7) is 1.87. The summed E-state index contributed by atoms with van der Waals surface area (Å²) < 4.78 is 6.39. The molecule has 1 aromatic heterocycles. The molecular formula is C19H18N2O3S. The summed E-state index contributed by atoms with van der Waals surface area (Å²) in [6.07, 6.45) is 2.97. The van der Waals surface area contributed by atoms with Crippen LogP contribution >= 0.6 is 11.3 Å². The maximum absolute atomic E-state index is 13.1. The summed E-state index contributed by atoms with van der Waals surface area (Å²) in [7, 11) is 0. The largest absolute Gasteiger partial charge is 0.484 e. The maximum Gasteiger partial charge on any atom is 0.266 e. The van der Waals surface area contributed by atoms with Crippen LogP contribution in [0.25, 0.3) is 0 Å². The van der Waals surface area contributed by atoms with Crippen LogP contribution in [0.15, 0.2) is 29.8 Å². The Bertz CT molecular complexity index is 892. The third-order valence-corrected chi connectivity index (χ3v) is 6.74. The lowest BCUT2D eigenvalue weighted by Crippen LogP contribution is -2.52. The van der Waals surface area contributed by atoms with E-state index in [0.29, 0.717) is 22.6 Å². The number of aromatic nitrogens is 1. The number of thiazole rings is 1. The number of rotatable bonds is 1. The number of nitrogens with zero attached hydrogens (tertiary/aromatic N) is 2. The number of aryl methyl sites for hydroxylation is 1. The van der Waals surface area contributed by atoms with Crippen molar-refractivity contribution in [2.75, 3.05) is 0 Å². The number of ether oxygens (including phenoxy) is 1. The van der Waals surface area contributed by atoms with E-state index in [1.54, 1.807) is 5.51 Å². The number of Topliss-reactive ketones (excluding diaryl/α,β-unsaturated/α-hetero) is 1. The number of hydrogen-bond acceptors (Lipinski definition) is 5. The van der Waals surface area contributed by atoms with E-state index in [2.05, 4.69) is 4.98 Å². The number of carbonyl (C=O) groups excluding carboxylic acids is 2. The molecule has 0 N–H and O–H groups in total. The van der Waals surface area contributed by atoms with E-state index in [-0.39, 0.29) is 23.8 Å². The third-order valence-electron chi connectivity index (χ3n) is 5.83. The summed E-state index contributed by atoms with van der Waals surface area (Å²) >= 11 is 1.39. The van der Waals surface area contributed by atoms with Gasteiger partial charge in [-0.1, -0.05) is 12.1 Å². The zero-order valence-electron chi connectivity index (χ0n) is 13.9. The molecule has 0 aliphatic carbocycles. The summed E-state index contributed by atoms with van der Waals surface area (Å²) in [5.41, 5.74) is 2.59. The first-order valence-corrected chi connectivity index (χ1v) is 9.51. The van der Waals surface area contributed by atoms with Gasteiger partial charge in [0.1, 0.15) is 16.2 Å². The van der Waals surface area contributed by atoms with E-state index in [9.17, 15) is 9.59 Å². The second-order valence-corrected chi connectivity index (χ2v) is 8.05. The van der Waals surface area contributed by atoms with E-state index < -0.39 is 5.60 Å². The highest BCUT2D eigenvalue weighted by molar-refractivity contribution is 7.11. The topological polar surface area (TPSA) is 59.5 Å². The Hall–Kier alpha value is -2.21. The first-order valence-electron chi connectivity index (χ1n) is 8.63. The average molecular weight is 354 g/mol. The van der Waals surface area contributed by atoms with Crippen molar-refractivity contribution in [1.29, 1.82) is 0 Å². The fourth-order valence-corrected chi connectivity index (χ4v) is 5.52. The van der Waals surface area contributed by atoms with Crippen LogP contribution in [0, 0.1) is 6.92 Å². The van der Waals surface area contributed by atoms with Gasteiger partial charge in [-0.2, -0.15) is 0 Å². The van der Waals surface area contributed by atoms with Gasteiger partial charge in [0.25, 0.3) is 5.91 Å². The molecule has 1 aromatic carbocycles. The van der Waals surface area contributed by atoms with Crippen LogP contribution in [0.4, 0.5) is 0 Å². The zero-order chi connectivity index (χ0) is 17.2. The quantitative estimate of drug-likeness (QED) is 0.789. The minimum absolute atomic E-state index is 0.0381. The Balaban J connectivity index is 1.51. The number of amides is 1. The lowest BCUT2D eigenvalue weighted by molar-refractivity contribution is 0.0113. The minimum Gasteiger partial charge on any atom is -0.484 e. The van der Waals surface area contributed by atoms with Crippen molar-refractivity contribution < 1.29 is 14.3 Å². The molecule has 3 atom stereocenters. The molecule has 5 rings (SSSR count). The Kier molecular flexibility index (Phi) is 3.10. The third kappa shape index (κ3) is 2.03. The molecule has 2 bridgehead atoms. The predicted octanol–water partition coefficient (Wildman–Crippen LogP) is 3.23. The molecule has 0 saturated carbocycles. The maximum atomic E-state index is 13.1. The number of hydrogen-bond donors (Lipinski definition) is 0. The van der Waals surface area contributed by atoms with Crippen LogP contribution in [0.5, 0.6) is 5.75 Å². The first kappa shape index (κ1) is 15.1. The van der Waals surface area contributed by atoms with E-state index in [0.717, 1.165) is 25.0 Å². The summed E-state index contributed by atoms with van der Waals surface area (Å²) in [4.78, 5) is 32.7. The number of fused-ring (bicyclic) bond motifs is 4. The lowest BCUT2D eigenvalue weighted by Gasteiger charge is -2.40. The van der Waals surface area contributed by atoms with Crippen LogP contribution in [0.2, 0.25) is 0 Å². The van der Waals surface area contributed by atoms with Crippen molar-refractivity contribution in [2.24, 2.45) is 0 Å². The van der Waals surface area contributed by atoms with Crippen LogP contribution in [-0.2, 0) is 0 Å². The molecule has 1 spiro atoms. The molecule has 4 heterocycles. The predicted molar refractivity (Wildman–Crippen MR) is 93.2 cm³/mol. The second kappa shape index (κ2) is 5.14. The number of benzene rings is 1. The Morgan fingerprint density at radius 3 is 3.00 bits per heavy atom. The van der Waals surface area contributed by atoms with Crippen molar-refractivity contribution in [3.63, 3.8) is 0 Å². The first-order chi connectivity index (χ1) is 12.1. The highest BCUT2D eigenvalue weighted by Gasteiger charge is 2.61. The zero-order valence-corrected chi connectivity index (χ0v) is 14.7. The molecule has 1 amide bonds. The molecule has 3 aliphatic rings. The van der Waals surface area contributed by atoms with Crippen molar-refractivity contribution in [1.82, 2.24) is 9.88 Å². The number of para-hydroxylation sites is 1. The van der Waals surface area contributed by atoms with Gasteiger partial charge >= 0.3 is 0 Å². The van der Waals surface area contributed by atoms with Gasteiger partial charge in [-0.15, -0.1) is 11.3 Å². The van der Waals surface area contributed by atoms with E-state index in [1.807, 2.05) is 36.1 Å². The van der Waals surface area contributed by atoms with Gasteiger partial charge in [-0.25, -0.2) is 4.98 Å². The van der Waals surface area contributed by atoms with Gasteiger partial charge in [-0.3, -0.25) is 9.59 Å². The summed E-state index contributed by atoms with van der Waals surface area (Å²) in [6, 6.07) is 7.55. The molecule has 2 saturated heterocycles. The normalized spacial score (nSPS) is 29.8. The molecular weight excluding hydrogens is 336 g/mol. The SMILES string of the molecule is Cc1ncsc1C(=O)N1[C@H]2CC[C@@H]1[C@]1(CC(=O)c3ccccc3O1)C2. The molecule has 25 heavy (non-hydrogen) atoms. The highest BCUT2D eigenvalue weighted by Crippen LogP contribution is 2.51. The van der Waals surface area contributed by atoms with Crippen molar-refractivity contribution >= 4 is 23.0 Å². The van der Waals surface area contributed by atoms with Gasteiger partial charge in [0.2, 0.25) is 0 Å². The highest BCUT2D eigenvalue weighted by atomic mass is 32.1. The fourth-order valence-electron chi connectivity index (χ4n) is 4.77. The van der Waals surface area contributed by atoms with E-state index >= 15 is 0 Å². The lowest BCUT2D eigenvalue weighted by atomic mass is 9.78. The Morgan fingerprint density at radius 2 is 2.20 bits per heavy atom. The van der Waals surface area contributed by atoms with Crippen molar-refractivity contribution in [2.45, 2.75) is 50.3 Å². The average Bonchev–Trinajstić information content (AvgIpc) is 3.27. The van der Waals surface area contributed by atoms with Gasteiger partial charge in [0.15, 0.2) is 5.78 Å². The van der Waals surface area contributed by atoms with Crippen molar-refractivity contribution in [3.8, 4) is 5.75 Å².